The number of carbonyl (C=O) groups excluding carboxylic acids is 1. The summed E-state index contributed by atoms with van der Waals surface area (Å²) in [6.07, 6.45) is 3.32. The van der Waals surface area contributed by atoms with Gasteiger partial charge in [0, 0.05) is 57.6 Å². The number of fused-ring (bicyclic) bond motifs is 1. The second-order valence-corrected chi connectivity index (χ2v) is 9.79. The Balaban J connectivity index is 1.86. The number of methoxy groups -OCH3 is 1. The Morgan fingerprint density at radius 1 is 0.842 bits per heavy atom. The van der Waals surface area contributed by atoms with Gasteiger partial charge in [-0.1, -0.05) is 24.3 Å². The van der Waals surface area contributed by atoms with Crippen LogP contribution in [0.25, 0.3) is 11.1 Å². The third-order valence-electron chi connectivity index (χ3n) is 6.79. The molecule has 6 nitrogen and oxygen atoms in total. The van der Waals surface area contributed by atoms with Gasteiger partial charge in [0.2, 0.25) is 5.69 Å². The summed E-state index contributed by atoms with van der Waals surface area (Å²) in [6.45, 7) is 2.96. The molecule has 0 aromatic heterocycles. The van der Waals surface area contributed by atoms with Crippen molar-refractivity contribution < 1.29 is 18.8 Å². The minimum atomic E-state index is -0.153. The van der Waals surface area contributed by atoms with E-state index in [1.54, 1.807) is 7.11 Å². The minimum absolute atomic E-state index is 0.153. The van der Waals surface area contributed by atoms with E-state index in [2.05, 4.69) is 109 Å². The van der Waals surface area contributed by atoms with E-state index >= 15 is 0 Å². The van der Waals surface area contributed by atoms with Crippen LogP contribution in [-0.4, -0.2) is 65.2 Å². The lowest BCUT2D eigenvalue weighted by Gasteiger charge is -2.17. The number of anilines is 2. The maximum absolute atomic E-state index is 12.0. The van der Waals surface area contributed by atoms with Crippen LogP contribution in [0, 0.1) is 0 Å². The molecule has 38 heavy (non-hydrogen) atoms. The molecule has 0 spiro atoms. The number of allylic oxidation sites excluding steroid dienone is 1. The van der Waals surface area contributed by atoms with Gasteiger partial charge in [0.15, 0.2) is 6.21 Å². The summed E-state index contributed by atoms with van der Waals surface area (Å²) in [5, 5.41) is 0. The summed E-state index contributed by atoms with van der Waals surface area (Å²) in [4.78, 5) is 16.2. The topological polar surface area (TPSA) is 45.0 Å². The highest BCUT2D eigenvalue weighted by Gasteiger charge is 2.30. The molecule has 0 amide bonds. The highest BCUT2D eigenvalue weighted by atomic mass is 16.5. The average molecular weight is 513 g/mol. The largest absolute Gasteiger partial charge is 0.497 e. The summed E-state index contributed by atoms with van der Waals surface area (Å²) in [5.74, 6) is 0.661. The first-order valence-corrected chi connectivity index (χ1v) is 13.1. The van der Waals surface area contributed by atoms with E-state index in [1.807, 2.05) is 13.0 Å². The molecule has 3 aromatic carbocycles. The van der Waals surface area contributed by atoms with Crippen LogP contribution < -0.4 is 14.5 Å². The number of ether oxygens (including phenoxy) is 2. The molecular weight excluding hydrogens is 474 g/mol. The normalized spacial score (nSPS) is 12.1. The number of rotatable bonds is 10. The van der Waals surface area contributed by atoms with Crippen LogP contribution in [0.4, 0.5) is 17.1 Å². The van der Waals surface area contributed by atoms with Crippen LogP contribution in [0.3, 0.4) is 0 Å². The van der Waals surface area contributed by atoms with Crippen LogP contribution in [0.2, 0.25) is 0 Å². The second kappa shape index (κ2) is 12.0. The van der Waals surface area contributed by atoms with Gasteiger partial charge < -0.3 is 19.3 Å². The molecule has 1 aliphatic heterocycles. The van der Waals surface area contributed by atoms with Gasteiger partial charge in [-0.3, -0.25) is 4.79 Å². The molecule has 0 fully saturated rings. The summed E-state index contributed by atoms with van der Waals surface area (Å²) in [7, 11) is 9.90. The molecule has 0 radical (unpaired) electrons. The number of carbonyl (C=O) groups is 1. The monoisotopic (exact) mass is 512 g/mol. The molecule has 0 saturated carbocycles. The number of hydrogen-bond donors (Lipinski definition) is 0. The fraction of sp³-hybridized carbons (Fsp3) is 0.312. The summed E-state index contributed by atoms with van der Waals surface area (Å²) >= 11 is 0. The third-order valence-corrected chi connectivity index (χ3v) is 6.79. The highest BCUT2D eigenvalue weighted by Crippen LogP contribution is 2.41. The van der Waals surface area contributed by atoms with Crippen LogP contribution in [-0.2, 0) is 9.53 Å². The van der Waals surface area contributed by atoms with E-state index < -0.39 is 0 Å². The van der Waals surface area contributed by atoms with Crippen molar-refractivity contribution in [3.63, 3.8) is 0 Å². The Bertz CT molecular complexity index is 1280. The van der Waals surface area contributed by atoms with Crippen molar-refractivity contribution in [3.05, 3.63) is 83.4 Å². The molecule has 1 aliphatic rings. The zero-order valence-electron chi connectivity index (χ0n) is 23.3. The Morgan fingerprint density at radius 2 is 1.42 bits per heavy atom. The summed E-state index contributed by atoms with van der Waals surface area (Å²) in [5.41, 5.74) is 9.09. The lowest BCUT2D eigenvalue weighted by Crippen LogP contribution is -2.10. The number of benzene rings is 3. The van der Waals surface area contributed by atoms with Gasteiger partial charge in [0.05, 0.1) is 31.3 Å². The lowest BCUT2D eigenvalue weighted by atomic mass is 9.90. The van der Waals surface area contributed by atoms with Gasteiger partial charge in [-0.05, 0) is 54.4 Å². The van der Waals surface area contributed by atoms with E-state index in [4.69, 9.17) is 9.47 Å². The first kappa shape index (κ1) is 27.0. The fourth-order valence-electron chi connectivity index (χ4n) is 4.74. The quantitative estimate of drug-likeness (QED) is 0.252. The Hall–Kier alpha value is -4.06. The first-order chi connectivity index (χ1) is 18.3. The molecule has 0 unspecified atom stereocenters. The van der Waals surface area contributed by atoms with E-state index in [-0.39, 0.29) is 5.97 Å². The molecule has 1 heterocycles. The molecule has 0 saturated heterocycles. The van der Waals surface area contributed by atoms with Crippen LogP contribution in [0.15, 0.2) is 66.7 Å². The smallest absolute Gasteiger partial charge is 0.306 e. The molecule has 198 valence electrons. The molecule has 0 N–H and O–H groups in total. The average Bonchev–Trinajstić information content (AvgIpc) is 3.26. The maximum atomic E-state index is 12.0. The molecule has 0 bridgehead atoms. The van der Waals surface area contributed by atoms with Crippen molar-refractivity contribution in [1.82, 2.24) is 0 Å². The SMILES string of the molecule is CCOC(=O)CCC[N+]1=CC(=C(c2ccc(N(C)C)cc2)c2ccc(N(C)C)cc2)c2cc(OC)ccc21. The van der Waals surface area contributed by atoms with Crippen molar-refractivity contribution in [2.45, 2.75) is 19.8 Å². The molecule has 4 rings (SSSR count). The van der Waals surface area contributed by atoms with Crippen molar-refractivity contribution in [3.8, 4) is 5.75 Å². The van der Waals surface area contributed by atoms with Crippen molar-refractivity contribution >= 4 is 40.4 Å². The van der Waals surface area contributed by atoms with Crippen LogP contribution >= 0.6 is 0 Å². The number of nitrogens with zero attached hydrogens (tertiary/aromatic N) is 3. The maximum Gasteiger partial charge on any atom is 0.306 e. The highest BCUT2D eigenvalue weighted by molar-refractivity contribution is 6.23. The lowest BCUT2D eigenvalue weighted by molar-refractivity contribution is -0.432. The Morgan fingerprint density at radius 3 is 1.92 bits per heavy atom. The number of esters is 1. The summed E-state index contributed by atoms with van der Waals surface area (Å²) in [6, 6.07) is 23.6. The van der Waals surface area contributed by atoms with E-state index in [0.29, 0.717) is 26.0 Å². The Labute approximate surface area is 226 Å². The predicted molar refractivity (Wildman–Crippen MR) is 157 cm³/mol. The predicted octanol–water partition coefficient (Wildman–Crippen LogP) is 5.86. The van der Waals surface area contributed by atoms with Crippen LogP contribution in [0.1, 0.15) is 36.5 Å². The van der Waals surface area contributed by atoms with E-state index in [0.717, 1.165) is 50.6 Å². The molecule has 6 heteroatoms. The zero-order valence-corrected chi connectivity index (χ0v) is 23.3. The van der Waals surface area contributed by atoms with E-state index in [1.165, 1.54) is 0 Å². The molecule has 0 aliphatic carbocycles. The van der Waals surface area contributed by atoms with Crippen LogP contribution in [0.5, 0.6) is 5.75 Å². The second-order valence-electron chi connectivity index (χ2n) is 9.79. The van der Waals surface area contributed by atoms with Gasteiger partial charge in [-0.2, -0.15) is 4.58 Å². The summed E-state index contributed by atoms with van der Waals surface area (Å²) < 4.78 is 13.0. The van der Waals surface area contributed by atoms with E-state index in [9.17, 15) is 4.79 Å². The van der Waals surface area contributed by atoms with Gasteiger partial charge in [0.25, 0.3) is 0 Å². The minimum Gasteiger partial charge on any atom is -0.497 e. The van der Waals surface area contributed by atoms with Gasteiger partial charge >= 0.3 is 5.97 Å². The third kappa shape index (κ3) is 5.91. The zero-order chi connectivity index (χ0) is 27.2. The van der Waals surface area contributed by atoms with Gasteiger partial charge in [-0.25, -0.2) is 0 Å². The molecule has 0 atom stereocenters. The van der Waals surface area contributed by atoms with Crippen molar-refractivity contribution in [2.24, 2.45) is 0 Å². The standard InChI is InChI=1S/C32H38N3O3/c1-7-38-31(36)9-8-20-35-22-29(28-21-27(37-6)18-19-30(28)35)32(23-10-14-25(15-11-23)33(2)3)24-12-16-26(17-13-24)34(4)5/h10-19,21-22H,7-9,20H2,1-6H3/q+1. The molecular formula is C32H38N3O3+. The molecule has 3 aromatic rings. The number of hydrogen-bond acceptors (Lipinski definition) is 5. The Kier molecular flexibility index (Phi) is 8.52. The first-order valence-electron chi connectivity index (χ1n) is 13.1. The van der Waals surface area contributed by atoms with Crippen molar-refractivity contribution in [2.75, 3.05) is 58.3 Å². The fourth-order valence-corrected chi connectivity index (χ4v) is 4.74. The van der Waals surface area contributed by atoms with Gasteiger partial charge in [-0.15, -0.1) is 0 Å². The van der Waals surface area contributed by atoms with Crippen molar-refractivity contribution in [1.29, 1.82) is 0 Å². The van der Waals surface area contributed by atoms with Gasteiger partial charge in [0.1, 0.15) is 12.3 Å².